The molecule has 10 heteroatoms. The van der Waals surface area contributed by atoms with E-state index in [1.807, 2.05) is 0 Å². The summed E-state index contributed by atoms with van der Waals surface area (Å²) in [5.41, 5.74) is 0.819. The Morgan fingerprint density at radius 2 is 2.13 bits per heavy atom. The molecule has 10 nitrogen and oxygen atoms in total. The molecule has 3 aliphatic heterocycles. The first-order valence-electron chi connectivity index (χ1n) is 10.3. The average Bonchev–Trinajstić information content (AvgIpc) is 3.44. The number of piperidine rings is 1. The van der Waals surface area contributed by atoms with Gasteiger partial charge in [0.25, 0.3) is 11.8 Å². The number of rotatable bonds is 2. The zero-order chi connectivity index (χ0) is 20.9. The summed E-state index contributed by atoms with van der Waals surface area (Å²) in [6, 6.07) is 1.77. The maximum absolute atomic E-state index is 13.3. The van der Waals surface area contributed by atoms with E-state index in [9.17, 15) is 14.7 Å². The highest BCUT2D eigenvalue weighted by atomic mass is 16.7. The molecule has 158 valence electrons. The summed E-state index contributed by atoms with van der Waals surface area (Å²) in [5, 5.41) is 13.8. The molecule has 3 aliphatic rings. The Morgan fingerprint density at radius 3 is 2.93 bits per heavy atom. The topological polar surface area (TPSA) is 113 Å². The number of aliphatic hydroxyl groups excluding tert-OH is 1. The largest absolute Gasteiger partial charge is 0.391 e. The van der Waals surface area contributed by atoms with Crippen LogP contribution in [-0.2, 0) is 9.63 Å². The number of nitrogens with zero attached hydrogens (tertiary/aromatic N) is 6. The number of β-amino-alcohol motifs (C(OH)–C–C–N with tert-alkyl or cyclic N) is 1. The van der Waals surface area contributed by atoms with Crippen molar-refractivity contribution in [3.63, 3.8) is 0 Å². The van der Waals surface area contributed by atoms with Gasteiger partial charge in [0.1, 0.15) is 11.4 Å². The van der Waals surface area contributed by atoms with Gasteiger partial charge in [0, 0.05) is 38.4 Å². The van der Waals surface area contributed by atoms with Gasteiger partial charge in [-0.1, -0.05) is 5.16 Å². The lowest BCUT2D eigenvalue weighted by atomic mass is 9.87. The number of amides is 2. The number of aryl methyl sites for hydroxylation is 1. The first-order chi connectivity index (χ1) is 14.5. The van der Waals surface area contributed by atoms with Crippen LogP contribution >= 0.6 is 0 Å². The Kier molecular flexibility index (Phi) is 4.46. The van der Waals surface area contributed by atoms with Crippen LogP contribution in [0.15, 0.2) is 23.6 Å². The molecule has 1 spiro atoms. The molecule has 1 N–H and O–H groups in total. The van der Waals surface area contributed by atoms with Gasteiger partial charge in [0.05, 0.1) is 18.3 Å². The summed E-state index contributed by atoms with van der Waals surface area (Å²) in [6.45, 7) is 3.63. The second-order valence-electron chi connectivity index (χ2n) is 8.35. The first kappa shape index (κ1) is 19.0. The third-order valence-electron chi connectivity index (χ3n) is 6.14. The molecule has 0 saturated carbocycles. The smallest absolute Gasteiger partial charge is 0.272 e. The Hall–Kier alpha value is -3.01. The molecule has 2 aromatic rings. The van der Waals surface area contributed by atoms with Gasteiger partial charge in [-0.25, -0.2) is 9.97 Å². The normalized spacial score (nSPS) is 26.3. The number of aromatic nitrogens is 3. The van der Waals surface area contributed by atoms with Gasteiger partial charge < -0.3 is 19.7 Å². The van der Waals surface area contributed by atoms with E-state index in [0.29, 0.717) is 61.9 Å². The van der Waals surface area contributed by atoms with Gasteiger partial charge in [-0.2, -0.15) is 0 Å². The van der Waals surface area contributed by atoms with E-state index in [2.05, 4.69) is 15.1 Å². The number of oxime groups is 1. The monoisotopic (exact) mass is 412 g/mol. The van der Waals surface area contributed by atoms with Crippen molar-refractivity contribution in [2.45, 2.75) is 44.3 Å². The van der Waals surface area contributed by atoms with E-state index < -0.39 is 11.7 Å². The number of hydrogen-bond donors (Lipinski definition) is 1. The van der Waals surface area contributed by atoms with Gasteiger partial charge >= 0.3 is 0 Å². The molecule has 0 radical (unpaired) electrons. The minimum atomic E-state index is -0.677. The Labute approximate surface area is 173 Å². The van der Waals surface area contributed by atoms with Crippen molar-refractivity contribution in [1.82, 2.24) is 24.2 Å². The van der Waals surface area contributed by atoms with Crippen LogP contribution in [0.4, 0.5) is 0 Å². The molecule has 0 aliphatic carbocycles. The molecule has 0 unspecified atom stereocenters. The Morgan fingerprint density at radius 1 is 1.27 bits per heavy atom. The number of carbonyl (C=O) groups is 2. The van der Waals surface area contributed by atoms with Gasteiger partial charge in [0.15, 0.2) is 5.60 Å². The summed E-state index contributed by atoms with van der Waals surface area (Å²) < 4.78 is 1.71. The lowest BCUT2D eigenvalue weighted by Gasteiger charge is -2.38. The van der Waals surface area contributed by atoms with E-state index in [-0.39, 0.29) is 11.8 Å². The Balaban J connectivity index is 1.32. The van der Waals surface area contributed by atoms with E-state index in [4.69, 9.17) is 4.84 Å². The van der Waals surface area contributed by atoms with E-state index in [1.54, 1.807) is 39.6 Å². The maximum Gasteiger partial charge on any atom is 0.272 e. The van der Waals surface area contributed by atoms with Crippen LogP contribution in [0.5, 0.6) is 0 Å². The van der Waals surface area contributed by atoms with Crippen molar-refractivity contribution in [3.05, 3.63) is 29.8 Å². The van der Waals surface area contributed by atoms with Crippen LogP contribution in [0.2, 0.25) is 0 Å². The molecule has 5 heterocycles. The molecule has 5 rings (SSSR count). The fraction of sp³-hybridized carbons (Fsp3) is 0.550. The fourth-order valence-electron chi connectivity index (χ4n) is 4.64. The van der Waals surface area contributed by atoms with Crippen LogP contribution in [0, 0.1) is 6.92 Å². The number of hydrogen-bond acceptors (Lipinski definition) is 7. The third-order valence-corrected chi connectivity index (χ3v) is 6.14. The summed E-state index contributed by atoms with van der Waals surface area (Å²) in [7, 11) is 0. The summed E-state index contributed by atoms with van der Waals surface area (Å²) >= 11 is 0. The number of aliphatic hydroxyl groups is 1. The molecule has 30 heavy (non-hydrogen) atoms. The van der Waals surface area contributed by atoms with Crippen LogP contribution in [0.25, 0.3) is 5.78 Å². The van der Waals surface area contributed by atoms with Gasteiger partial charge in [0.2, 0.25) is 5.78 Å². The highest BCUT2D eigenvalue weighted by molar-refractivity contribution is 6.39. The van der Waals surface area contributed by atoms with Gasteiger partial charge in [-0.3, -0.25) is 14.0 Å². The summed E-state index contributed by atoms with van der Waals surface area (Å²) in [5.74, 6) is 0.180. The molecular weight excluding hydrogens is 388 g/mol. The second-order valence-corrected chi connectivity index (χ2v) is 8.35. The standard InChI is InChI=1S/C20H24N6O4/c1-13-16(26-8-3-6-21-19(26)22-13)18(29)25-7-2-5-20(12-25)10-15(23-30-20)17(28)24-9-4-14(27)11-24/h3,6,8,14,27H,2,4-5,7,9-12H2,1H3/t14-,20+/m1/s1. The summed E-state index contributed by atoms with van der Waals surface area (Å²) in [4.78, 5) is 43.8. The van der Waals surface area contributed by atoms with Crippen molar-refractivity contribution >= 4 is 23.3 Å². The minimum Gasteiger partial charge on any atom is -0.391 e. The van der Waals surface area contributed by atoms with Crippen molar-refractivity contribution in [1.29, 1.82) is 0 Å². The van der Waals surface area contributed by atoms with Crippen LogP contribution in [-0.4, -0.2) is 84.7 Å². The third kappa shape index (κ3) is 3.11. The molecule has 0 bridgehead atoms. The lowest BCUT2D eigenvalue weighted by Crippen LogP contribution is -2.51. The molecular formula is C20H24N6O4. The highest BCUT2D eigenvalue weighted by Gasteiger charge is 2.47. The number of imidazole rings is 1. The van der Waals surface area contributed by atoms with Crippen molar-refractivity contribution in [2.24, 2.45) is 5.16 Å². The van der Waals surface area contributed by atoms with Gasteiger partial charge in [-0.15, -0.1) is 0 Å². The first-order valence-corrected chi connectivity index (χ1v) is 10.3. The minimum absolute atomic E-state index is 0.127. The highest BCUT2D eigenvalue weighted by Crippen LogP contribution is 2.35. The molecule has 2 saturated heterocycles. The lowest BCUT2D eigenvalue weighted by molar-refractivity contribution is -0.123. The number of likely N-dealkylation sites (tertiary alicyclic amines) is 2. The Bertz CT molecular complexity index is 1050. The molecule has 2 atom stereocenters. The van der Waals surface area contributed by atoms with E-state index in [0.717, 1.165) is 12.8 Å². The summed E-state index contributed by atoms with van der Waals surface area (Å²) in [6.07, 6.45) is 5.40. The van der Waals surface area contributed by atoms with Crippen molar-refractivity contribution < 1.29 is 19.5 Å². The molecule has 0 aromatic carbocycles. The van der Waals surface area contributed by atoms with E-state index >= 15 is 0 Å². The number of carbonyl (C=O) groups excluding carboxylic acids is 2. The predicted molar refractivity (Wildman–Crippen MR) is 106 cm³/mol. The van der Waals surface area contributed by atoms with Crippen molar-refractivity contribution in [3.8, 4) is 0 Å². The zero-order valence-corrected chi connectivity index (χ0v) is 16.8. The molecule has 2 fully saturated rings. The van der Waals surface area contributed by atoms with Gasteiger partial charge in [-0.05, 0) is 32.3 Å². The molecule has 2 amide bonds. The van der Waals surface area contributed by atoms with Crippen LogP contribution in [0.1, 0.15) is 41.9 Å². The maximum atomic E-state index is 13.3. The fourth-order valence-corrected chi connectivity index (χ4v) is 4.64. The van der Waals surface area contributed by atoms with Crippen LogP contribution < -0.4 is 0 Å². The average molecular weight is 412 g/mol. The second kappa shape index (κ2) is 7.05. The zero-order valence-electron chi connectivity index (χ0n) is 16.8. The SMILES string of the molecule is Cc1nc2ncccn2c1C(=O)N1CCC[C@]2(CC(C(=O)N3CC[C@@H](O)C3)=NO2)C1. The quantitative estimate of drug-likeness (QED) is 0.763. The van der Waals surface area contributed by atoms with E-state index in [1.165, 1.54) is 0 Å². The predicted octanol–water partition coefficient (Wildman–Crippen LogP) is 0.382. The molecule has 2 aromatic heterocycles. The van der Waals surface area contributed by atoms with Crippen molar-refractivity contribution in [2.75, 3.05) is 26.2 Å². The number of fused-ring (bicyclic) bond motifs is 1. The van der Waals surface area contributed by atoms with Crippen LogP contribution in [0.3, 0.4) is 0 Å².